The summed E-state index contributed by atoms with van der Waals surface area (Å²) < 4.78 is 0. The number of carbonyl (C=O) groups is 4. The highest BCUT2D eigenvalue weighted by Gasteiger charge is 2.43. The summed E-state index contributed by atoms with van der Waals surface area (Å²) in [5.41, 5.74) is 9.30. The van der Waals surface area contributed by atoms with Crippen molar-refractivity contribution in [2.24, 2.45) is 11.5 Å². The maximum atomic E-state index is 12.9. The first-order valence-electron chi connectivity index (χ1n) is 9.98. The zero-order valence-corrected chi connectivity index (χ0v) is 18.4. The number of aromatic hydroxyl groups is 1. The Hall–Kier alpha value is -3.47. The summed E-state index contributed by atoms with van der Waals surface area (Å²) in [6.45, 7) is -0.226. The average Bonchev–Trinajstić information content (AvgIpc) is 2.78. The number of carbonyl (C=O) groups excluding carboxylic acids is 3. The minimum Gasteiger partial charge on any atom is -0.508 e. The molecule has 0 bridgehead atoms. The Labute approximate surface area is 194 Å². The Morgan fingerprint density at radius 2 is 1.79 bits per heavy atom. The topological polar surface area (TPSA) is 185 Å². The predicted molar refractivity (Wildman–Crippen MR) is 121 cm³/mol. The van der Waals surface area contributed by atoms with Crippen LogP contribution in [-0.2, 0) is 16.1 Å². The van der Waals surface area contributed by atoms with Gasteiger partial charge in [0.15, 0.2) is 11.3 Å². The van der Waals surface area contributed by atoms with Gasteiger partial charge in [0.2, 0.25) is 5.91 Å². The summed E-state index contributed by atoms with van der Waals surface area (Å²) in [6.07, 6.45) is 0.457. The number of hydrogen-bond donors (Lipinski definition) is 6. The van der Waals surface area contributed by atoms with Gasteiger partial charge in [-0.3, -0.25) is 14.4 Å². The second-order valence-electron chi connectivity index (χ2n) is 7.32. The number of amides is 2. The first-order valence-corrected chi connectivity index (χ1v) is 10.4. The largest absolute Gasteiger partial charge is 0.508 e. The van der Waals surface area contributed by atoms with E-state index in [4.69, 9.17) is 23.1 Å². The van der Waals surface area contributed by atoms with Gasteiger partial charge in [-0.2, -0.15) is 0 Å². The number of hydrogen-bond acceptors (Lipinski definition) is 7. The van der Waals surface area contributed by atoms with E-state index in [2.05, 4.69) is 10.6 Å². The van der Waals surface area contributed by atoms with Gasteiger partial charge in [0.25, 0.3) is 5.91 Å². The number of rotatable bonds is 11. The van der Waals surface area contributed by atoms with Crippen LogP contribution >= 0.6 is 11.6 Å². The molecule has 0 spiro atoms. The fourth-order valence-corrected chi connectivity index (χ4v) is 3.14. The lowest BCUT2D eigenvalue weighted by Gasteiger charge is -2.24. The molecule has 2 aromatic carbocycles. The van der Waals surface area contributed by atoms with Gasteiger partial charge in [-0.25, -0.2) is 4.79 Å². The average molecular weight is 477 g/mol. The Balaban J connectivity index is 2.13. The monoisotopic (exact) mass is 476 g/mol. The number of phenols is 1. The van der Waals surface area contributed by atoms with E-state index in [0.717, 1.165) is 0 Å². The van der Waals surface area contributed by atoms with E-state index in [0.29, 0.717) is 12.0 Å². The van der Waals surface area contributed by atoms with Gasteiger partial charge in [-0.1, -0.05) is 23.7 Å². The molecular weight excluding hydrogens is 452 g/mol. The third-order valence-corrected chi connectivity index (χ3v) is 5.11. The van der Waals surface area contributed by atoms with Crippen LogP contribution < -0.4 is 22.1 Å². The molecule has 0 aliphatic rings. The number of halogens is 1. The minimum atomic E-state index is -2.46. The van der Waals surface area contributed by atoms with Crippen LogP contribution in [-0.4, -0.2) is 52.4 Å². The van der Waals surface area contributed by atoms with E-state index in [1.54, 1.807) is 12.1 Å². The summed E-state index contributed by atoms with van der Waals surface area (Å²) in [5, 5.41) is 23.8. The Morgan fingerprint density at radius 1 is 1.06 bits per heavy atom. The summed E-state index contributed by atoms with van der Waals surface area (Å²) in [6, 6.07) is 10.1. The van der Waals surface area contributed by atoms with Gasteiger partial charge in [0.05, 0.1) is 11.6 Å². The molecule has 0 aromatic heterocycles. The number of benzene rings is 2. The quantitative estimate of drug-likeness (QED) is 0.203. The van der Waals surface area contributed by atoms with Crippen LogP contribution in [0.1, 0.15) is 39.1 Å². The van der Waals surface area contributed by atoms with Crippen LogP contribution in [0.3, 0.4) is 0 Å². The Kier molecular flexibility index (Phi) is 8.92. The van der Waals surface area contributed by atoms with E-state index in [9.17, 15) is 29.4 Å². The molecule has 11 heteroatoms. The molecule has 10 nitrogen and oxygen atoms in total. The van der Waals surface area contributed by atoms with Crippen LogP contribution in [0.4, 0.5) is 0 Å². The summed E-state index contributed by atoms with van der Waals surface area (Å²) in [4.78, 5) is 48.8. The molecule has 0 aliphatic carbocycles. The van der Waals surface area contributed by atoms with Crippen molar-refractivity contribution in [3.8, 4) is 5.75 Å². The molecule has 0 radical (unpaired) electrons. The SMILES string of the molecule is NCCCC(=O)NC[C@](N)(C(=O)O)C(=O)c1ccc(C(=O)NCc2cccc(O)c2)cc1Cl. The zero-order chi connectivity index (χ0) is 24.6. The second-order valence-corrected chi connectivity index (χ2v) is 7.73. The molecule has 0 aliphatic heterocycles. The van der Waals surface area contributed by atoms with Gasteiger partial charge in [-0.05, 0) is 48.9 Å². The van der Waals surface area contributed by atoms with Crippen molar-refractivity contribution in [1.82, 2.24) is 10.6 Å². The third-order valence-electron chi connectivity index (χ3n) is 4.80. The first-order chi connectivity index (χ1) is 15.6. The normalized spacial score (nSPS) is 12.5. The minimum absolute atomic E-state index is 0.0620. The highest BCUT2D eigenvalue weighted by Crippen LogP contribution is 2.23. The summed E-state index contributed by atoms with van der Waals surface area (Å²) >= 11 is 6.16. The number of carboxylic acids is 1. The van der Waals surface area contributed by atoms with Crippen LogP contribution in [0.2, 0.25) is 5.02 Å². The number of phenolic OH excluding ortho intramolecular Hbond substituents is 1. The molecule has 2 rings (SSSR count). The van der Waals surface area contributed by atoms with Gasteiger partial charge < -0.3 is 32.3 Å². The molecule has 0 heterocycles. The summed E-state index contributed by atoms with van der Waals surface area (Å²) in [7, 11) is 0. The smallest absolute Gasteiger partial charge is 0.333 e. The number of Topliss-reactive ketones (excluding diaryl/α,β-unsaturated/α-hetero) is 1. The maximum Gasteiger partial charge on any atom is 0.333 e. The van der Waals surface area contributed by atoms with Crippen molar-refractivity contribution in [3.05, 3.63) is 64.2 Å². The molecule has 0 saturated carbocycles. The van der Waals surface area contributed by atoms with Crippen molar-refractivity contribution in [2.45, 2.75) is 24.9 Å². The molecule has 8 N–H and O–H groups in total. The molecule has 0 saturated heterocycles. The summed E-state index contributed by atoms with van der Waals surface area (Å²) in [5.74, 6) is -3.59. The second kappa shape index (κ2) is 11.4. The lowest BCUT2D eigenvalue weighted by Crippen LogP contribution is -2.61. The molecule has 33 heavy (non-hydrogen) atoms. The molecule has 2 amide bonds. The lowest BCUT2D eigenvalue weighted by molar-refractivity contribution is -0.141. The van der Waals surface area contributed by atoms with Crippen LogP contribution in [0.5, 0.6) is 5.75 Å². The van der Waals surface area contributed by atoms with Crippen LogP contribution in [0.25, 0.3) is 0 Å². The molecule has 176 valence electrons. The molecule has 1 atom stereocenters. The molecule has 0 unspecified atom stereocenters. The van der Waals surface area contributed by atoms with E-state index in [1.165, 1.54) is 30.3 Å². The van der Waals surface area contributed by atoms with Crippen molar-refractivity contribution in [1.29, 1.82) is 0 Å². The van der Waals surface area contributed by atoms with Crippen molar-refractivity contribution in [3.63, 3.8) is 0 Å². The predicted octanol–water partition coefficient (Wildman–Crippen LogP) is 0.796. The number of aliphatic carboxylic acids is 1. The molecular formula is C22H25ClN4O6. The van der Waals surface area contributed by atoms with Gasteiger partial charge >= 0.3 is 5.97 Å². The number of nitrogens with one attached hydrogen (secondary N) is 2. The fraction of sp³-hybridized carbons (Fsp3) is 0.273. The van der Waals surface area contributed by atoms with E-state index < -0.39 is 35.7 Å². The van der Waals surface area contributed by atoms with Crippen LogP contribution in [0, 0.1) is 0 Å². The maximum absolute atomic E-state index is 12.9. The van der Waals surface area contributed by atoms with Gasteiger partial charge in [-0.15, -0.1) is 0 Å². The Bertz CT molecular complexity index is 1060. The van der Waals surface area contributed by atoms with E-state index >= 15 is 0 Å². The fourth-order valence-electron chi connectivity index (χ4n) is 2.87. The van der Waals surface area contributed by atoms with Crippen molar-refractivity contribution < 1.29 is 29.4 Å². The Morgan fingerprint density at radius 3 is 2.39 bits per heavy atom. The number of carboxylic acid groups (broad SMARTS) is 1. The molecule has 0 fully saturated rings. The first kappa shape index (κ1) is 25.8. The van der Waals surface area contributed by atoms with Crippen molar-refractivity contribution >= 4 is 35.2 Å². The highest BCUT2D eigenvalue weighted by atomic mass is 35.5. The molecule has 2 aromatic rings. The highest BCUT2D eigenvalue weighted by molar-refractivity contribution is 6.35. The lowest BCUT2D eigenvalue weighted by atomic mass is 9.89. The zero-order valence-electron chi connectivity index (χ0n) is 17.6. The van der Waals surface area contributed by atoms with Crippen LogP contribution in [0.15, 0.2) is 42.5 Å². The number of ketones is 1. The van der Waals surface area contributed by atoms with Gasteiger partial charge in [0.1, 0.15) is 5.75 Å². The van der Waals surface area contributed by atoms with Crippen molar-refractivity contribution in [2.75, 3.05) is 13.1 Å². The number of nitrogens with two attached hydrogens (primary N) is 2. The van der Waals surface area contributed by atoms with E-state index in [-0.39, 0.29) is 41.4 Å². The third kappa shape index (κ3) is 6.75. The standard InChI is InChI=1S/C22H25ClN4O6/c23-17-10-14(20(31)26-11-13-3-1-4-15(28)9-13)6-7-16(17)19(30)22(25,21(32)33)12-27-18(29)5-2-8-24/h1,3-4,6-7,9-10,28H,2,5,8,11-12,24-25H2,(H,26,31)(H,27,29)(H,32,33)/t22-/m1/s1. The van der Waals surface area contributed by atoms with E-state index in [1.807, 2.05) is 0 Å². The van der Waals surface area contributed by atoms with Gasteiger partial charge in [0, 0.05) is 24.1 Å².